The molecule has 0 aliphatic rings. The smallest absolute Gasteiger partial charge is 0.135 e. The largest absolute Gasteiger partial charge is 0.232 e. The van der Waals surface area contributed by atoms with Crippen LogP contribution in [-0.4, -0.2) is 15.0 Å². The van der Waals surface area contributed by atoms with Crippen molar-refractivity contribution in [3.63, 3.8) is 0 Å². The predicted octanol–water partition coefficient (Wildman–Crippen LogP) is 4.21. The lowest BCUT2D eigenvalue weighted by molar-refractivity contribution is 0.643. The van der Waals surface area contributed by atoms with Crippen molar-refractivity contribution < 1.29 is 0 Å². The molecule has 0 saturated heterocycles. The number of aromatic nitrogens is 3. The van der Waals surface area contributed by atoms with E-state index in [2.05, 4.69) is 60.3 Å². The lowest BCUT2D eigenvalue weighted by atomic mass is 10.1. The number of rotatable bonds is 7. The number of benzene rings is 1. The van der Waals surface area contributed by atoms with E-state index < -0.39 is 0 Å². The zero-order chi connectivity index (χ0) is 15.6. The normalized spacial score (nSPS) is 10.3. The predicted molar refractivity (Wildman–Crippen MR) is 90.6 cm³/mol. The van der Waals surface area contributed by atoms with E-state index in [4.69, 9.17) is 0 Å². The first kappa shape index (κ1) is 16.3. The molecular weight excluding hydrogens is 270 g/mol. The van der Waals surface area contributed by atoms with E-state index in [9.17, 15) is 0 Å². The number of aryl methyl sites for hydroxylation is 1. The molecule has 0 amide bonds. The van der Waals surface area contributed by atoms with Crippen molar-refractivity contribution in [2.75, 3.05) is 0 Å². The van der Waals surface area contributed by atoms with E-state index in [1.54, 1.807) is 0 Å². The molecule has 0 N–H and O–H groups in total. The van der Waals surface area contributed by atoms with Crippen LogP contribution in [0.15, 0.2) is 30.3 Å². The number of nitrogens with zero attached hydrogens (tertiary/aromatic N) is 3. The average Bonchev–Trinajstić information content (AvgIpc) is 2.92. The minimum absolute atomic E-state index is 0.734. The van der Waals surface area contributed by atoms with E-state index in [1.807, 2.05) is 10.7 Å². The molecule has 1 heterocycles. The third kappa shape index (κ3) is 4.73. The fourth-order valence-corrected chi connectivity index (χ4v) is 2.28. The second-order valence-electron chi connectivity index (χ2n) is 5.54. The highest BCUT2D eigenvalue weighted by Gasteiger charge is 2.10. The third-order valence-electron chi connectivity index (χ3n) is 3.61. The number of hydrogen-bond acceptors (Lipinski definition) is 2. The SMILES string of the molecule is CCCCC#Cc1c(CCCC)nnn1Cc1ccccc1. The molecule has 0 saturated carbocycles. The Labute approximate surface area is 133 Å². The molecule has 3 heteroatoms. The van der Waals surface area contributed by atoms with Gasteiger partial charge in [-0.2, -0.15) is 0 Å². The van der Waals surface area contributed by atoms with Crippen LogP contribution in [0.3, 0.4) is 0 Å². The van der Waals surface area contributed by atoms with Gasteiger partial charge < -0.3 is 0 Å². The van der Waals surface area contributed by atoms with Crippen LogP contribution in [0.25, 0.3) is 0 Å². The molecule has 2 aromatic rings. The van der Waals surface area contributed by atoms with Gasteiger partial charge in [0.25, 0.3) is 0 Å². The van der Waals surface area contributed by atoms with Crippen molar-refractivity contribution >= 4 is 0 Å². The van der Waals surface area contributed by atoms with Gasteiger partial charge in [-0.05, 0) is 30.7 Å². The topological polar surface area (TPSA) is 30.7 Å². The molecular formula is C19H25N3. The summed E-state index contributed by atoms with van der Waals surface area (Å²) in [6, 6.07) is 10.4. The summed E-state index contributed by atoms with van der Waals surface area (Å²) in [4.78, 5) is 0. The van der Waals surface area contributed by atoms with Gasteiger partial charge in [-0.1, -0.05) is 68.2 Å². The van der Waals surface area contributed by atoms with Gasteiger partial charge in [-0.25, -0.2) is 4.68 Å². The van der Waals surface area contributed by atoms with Crippen LogP contribution in [0.4, 0.5) is 0 Å². The minimum Gasteiger partial charge on any atom is -0.232 e. The highest BCUT2D eigenvalue weighted by Crippen LogP contribution is 2.11. The Hall–Kier alpha value is -2.08. The molecule has 0 fully saturated rings. The zero-order valence-electron chi connectivity index (χ0n) is 13.7. The van der Waals surface area contributed by atoms with Crippen LogP contribution in [0.2, 0.25) is 0 Å². The summed E-state index contributed by atoms with van der Waals surface area (Å²) >= 11 is 0. The Balaban J connectivity index is 2.19. The highest BCUT2D eigenvalue weighted by molar-refractivity contribution is 5.32. The van der Waals surface area contributed by atoms with Gasteiger partial charge in [0.2, 0.25) is 0 Å². The second-order valence-corrected chi connectivity index (χ2v) is 5.54. The maximum atomic E-state index is 4.36. The Kier molecular flexibility index (Phi) is 6.70. The van der Waals surface area contributed by atoms with Gasteiger partial charge in [-0.15, -0.1) is 5.10 Å². The fourth-order valence-electron chi connectivity index (χ4n) is 2.28. The molecule has 22 heavy (non-hydrogen) atoms. The maximum Gasteiger partial charge on any atom is 0.135 e. The van der Waals surface area contributed by atoms with E-state index >= 15 is 0 Å². The van der Waals surface area contributed by atoms with Crippen LogP contribution in [-0.2, 0) is 13.0 Å². The van der Waals surface area contributed by atoms with Crippen molar-refractivity contribution in [3.8, 4) is 11.8 Å². The summed E-state index contributed by atoms with van der Waals surface area (Å²) in [6.45, 7) is 5.12. The summed E-state index contributed by atoms with van der Waals surface area (Å²) in [6.07, 6.45) is 6.53. The third-order valence-corrected chi connectivity index (χ3v) is 3.61. The van der Waals surface area contributed by atoms with Crippen LogP contribution >= 0.6 is 0 Å². The van der Waals surface area contributed by atoms with Crippen molar-refractivity contribution in [1.82, 2.24) is 15.0 Å². The summed E-state index contributed by atoms with van der Waals surface area (Å²) in [5.74, 6) is 6.59. The van der Waals surface area contributed by atoms with Crippen molar-refractivity contribution in [2.24, 2.45) is 0 Å². The average molecular weight is 295 g/mol. The van der Waals surface area contributed by atoms with Gasteiger partial charge in [-0.3, -0.25) is 0 Å². The molecule has 2 rings (SSSR count). The second kappa shape index (κ2) is 9.04. The first-order valence-corrected chi connectivity index (χ1v) is 8.30. The van der Waals surface area contributed by atoms with Gasteiger partial charge in [0.1, 0.15) is 5.69 Å². The van der Waals surface area contributed by atoms with Gasteiger partial charge in [0, 0.05) is 6.42 Å². The highest BCUT2D eigenvalue weighted by atomic mass is 15.4. The summed E-state index contributed by atoms with van der Waals surface area (Å²) < 4.78 is 1.94. The monoisotopic (exact) mass is 295 g/mol. The molecule has 0 aliphatic heterocycles. The van der Waals surface area contributed by atoms with Gasteiger partial charge in [0.15, 0.2) is 0 Å². The van der Waals surface area contributed by atoms with Crippen molar-refractivity contribution in [1.29, 1.82) is 0 Å². The quantitative estimate of drug-likeness (QED) is 0.566. The zero-order valence-corrected chi connectivity index (χ0v) is 13.7. The van der Waals surface area contributed by atoms with E-state index in [0.717, 1.165) is 50.0 Å². The van der Waals surface area contributed by atoms with Crippen molar-refractivity contribution in [3.05, 3.63) is 47.3 Å². The molecule has 0 spiro atoms. The summed E-state index contributed by atoms with van der Waals surface area (Å²) in [5.41, 5.74) is 3.27. The Morgan fingerprint density at radius 1 is 1.05 bits per heavy atom. The molecule has 116 valence electrons. The van der Waals surface area contributed by atoms with Gasteiger partial charge in [0.05, 0.1) is 12.2 Å². The van der Waals surface area contributed by atoms with Crippen LogP contribution in [0.1, 0.15) is 62.9 Å². The first-order chi connectivity index (χ1) is 10.8. The summed E-state index contributed by atoms with van der Waals surface area (Å²) in [7, 11) is 0. The number of hydrogen-bond donors (Lipinski definition) is 0. The fraction of sp³-hybridized carbons (Fsp3) is 0.474. The van der Waals surface area contributed by atoms with Gasteiger partial charge >= 0.3 is 0 Å². The van der Waals surface area contributed by atoms with Crippen molar-refractivity contribution in [2.45, 2.75) is 58.9 Å². The molecule has 3 nitrogen and oxygen atoms in total. The molecule has 1 aromatic heterocycles. The molecule has 0 radical (unpaired) electrons. The van der Waals surface area contributed by atoms with E-state index in [1.165, 1.54) is 12.0 Å². The van der Waals surface area contributed by atoms with Crippen LogP contribution < -0.4 is 0 Å². The Morgan fingerprint density at radius 3 is 2.55 bits per heavy atom. The standard InChI is InChI=1S/C19H25N3/c1-3-5-7-11-15-19-18(14-6-4-2)20-21-22(19)16-17-12-9-8-10-13-17/h8-10,12-13H,3-7,14,16H2,1-2H3. The van der Waals surface area contributed by atoms with Crippen LogP contribution in [0, 0.1) is 11.8 Å². The Morgan fingerprint density at radius 2 is 1.82 bits per heavy atom. The number of unbranched alkanes of at least 4 members (excludes halogenated alkanes) is 3. The molecule has 0 bridgehead atoms. The molecule has 0 unspecified atom stereocenters. The first-order valence-electron chi connectivity index (χ1n) is 8.30. The molecule has 0 aliphatic carbocycles. The van der Waals surface area contributed by atoms with E-state index in [-0.39, 0.29) is 0 Å². The minimum atomic E-state index is 0.734. The lowest BCUT2D eigenvalue weighted by Gasteiger charge is -2.03. The molecule has 0 atom stereocenters. The van der Waals surface area contributed by atoms with E-state index in [0.29, 0.717) is 0 Å². The lowest BCUT2D eigenvalue weighted by Crippen LogP contribution is -2.05. The van der Waals surface area contributed by atoms with Crippen LogP contribution in [0.5, 0.6) is 0 Å². The molecule has 1 aromatic carbocycles. The maximum absolute atomic E-state index is 4.36. The Bertz CT molecular complexity index is 617. The summed E-state index contributed by atoms with van der Waals surface area (Å²) in [5, 5.41) is 8.69.